The maximum absolute atomic E-state index is 4.63. The van der Waals surface area contributed by atoms with Crippen molar-refractivity contribution in [3.05, 3.63) is 59.2 Å². The van der Waals surface area contributed by atoms with Crippen LogP contribution in [0.4, 0.5) is 11.4 Å². The maximum atomic E-state index is 4.63. The molecule has 0 bridgehead atoms. The monoisotopic (exact) mass is 320 g/mol. The van der Waals surface area contributed by atoms with Gasteiger partial charge in [0.15, 0.2) is 0 Å². The summed E-state index contributed by atoms with van der Waals surface area (Å²) < 4.78 is 0. The molecule has 2 heteroatoms. The Kier molecular flexibility index (Phi) is 4.49. The molecule has 2 aromatic rings. The highest BCUT2D eigenvalue weighted by molar-refractivity contribution is 5.83. The summed E-state index contributed by atoms with van der Waals surface area (Å²) in [5, 5.41) is 0. The van der Waals surface area contributed by atoms with Gasteiger partial charge in [-0.15, -0.1) is 0 Å². The average molecular weight is 320 g/mol. The van der Waals surface area contributed by atoms with E-state index in [1.807, 2.05) is 6.21 Å². The van der Waals surface area contributed by atoms with Crippen molar-refractivity contribution in [1.29, 1.82) is 0 Å². The average Bonchev–Trinajstić information content (AvgIpc) is 2.58. The minimum absolute atomic E-state index is 0.211. The minimum atomic E-state index is 0.211. The number of anilines is 1. The molecule has 1 aliphatic rings. The summed E-state index contributed by atoms with van der Waals surface area (Å²) in [7, 11) is 2.20. The Balaban J connectivity index is 1.86. The Hall–Kier alpha value is -2.09. The molecule has 2 aromatic carbocycles. The van der Waals surface area contributed by atoms with Gasteiger partial charge in [0.05, 0.1) is 5.69 Å². The van der Waals surface area contributed by atoms with E-state index in [9.17, 15) is 0 Å². The van der Waals surface area contributed by atoms with Crippen LogP contribution < -0.4 is 4.90 Å². The fourth-order valence-corrected chi connectivity index (χ4v) is 3.64. The van der Waals surface area contributed by atoms with Crippen molar-refractivity contribution < 1.29 is 0 Å². The maximum Gasteiger partial charge on any atom is 0.0630 e. The van der Waals surface area contributed by atoms with E-state index >= 15 is 0 Å². The molecule has 1 unspecified atom stereocenters. The van der Waals surface area contributed by atoms with Crippen molar-refractivity contribution in [2.75, 3.05) is 11.9 Å². The number of fused-ring (bicyclic) bond motifs is 1. The normalized spacial score (nSPS) is 19.5. The summed E-state index contributed by atoms with van der Waals surface area (Å²) in [6, 6.07) is 15.2. The Morgan fingerprint density at radius 1 is 1.17 bits per heavy atom. The molecule has 1 heterocycles. The van der Waals surface area contributed by atoms with Gasteiger partial charge in [0.1, 0.15) is 0 Å². The van der Waals surface area contributed by atoms with Gasteiger partial charge in [-0.2, -0.15) is 0 Å². The van der Waals surface area contributed by atoms with Gasteiger partial charge in [0.2, 0.25) is 0 Å². The highest BCUT2D eigenvalue weighted by Gasteiger charge is 2.33. The molecule has 0 saturated heterocycles. The number of hydrogen-bond acceptors (Lipinski definition) is 2. The SMILES string of the molecule is CCc1ccc(N=Cc2ccc3c(c2)C(C)CC(C)(C)N3C)cc1. The first-order valence-electron chi connectivity index (χ1n) is 8.91. The van der Waals surface area contributed by atoms with Crippen molar-refractivity contribution in [3.63, 3.8) is 0 Å². The van der Waals surface area contributed by atoms with Crippen LogP contribution in [0.2, 0.25) is 0 Å². The third kappa shape index (κ3) is 3.24. The molecule has 0 aliphatic carbocycles. The van der Waals surface area contributed by atoms with Crippen LogP contribution >= 0.6 is 0 Å². The van der Waals surface area contributed by atoms with Gasteiger partial charge >= 0.3 is 0 Å². The number of rotatable bonds is 3. The molecule has 0 fully saturated rings. The molecule has 0 N–H and O–H groups in total. The number of aryl methyl sites for hydroxylation is 1. The summed E-state index contributed by atoms with van der Waals surface area (Å²) in [5.74, 6) is 0.573. The lowest BCUT2D eigenvalue weighted by Crippen LogP contribution is -2.45. The zero-order chi connectivity index (χ0) is 17.3. The summed E-state index contributed by atoms with van der Waals surface area (Å²) in [6.07, 6.45) is 4.22. The molecule has 0 amide bonds. The smallest absolute Gasteiger partial charge is 0.0630 e. The predicted octanol–water partition coefficient (Wildman–Crippen LogP) is 5.72. The van der Waals surface area contributed by atoms with E-state index in [4.69, 9.17) is 0 Å². The molecule has 0 saturated carbocycles. The molecule has 2 nitrogen and oxygen atoms in total. The topological polar surface area (TPSA) is 15.6 Å². The lowest BCUT2D eigenvalue weighted by Gasteiger charge is -2.45. The fourth-order valence-electron chi connectivity index (χ4n) is 3.64. The predicted molar refractivity (Wildman–Crippen MR) is 105 cm³/mol. The van der Waals surface area contributed by atoms with Crippen LogP contribution in [0.25, 0.3) is 0 Å². The van der Waals surface area contributed by atoms with Crippen LogP contribution in [0.15, 0.2) is 47.5 Å². The van der Waals surface area contributed by atoms with Crippen LogP contribution in [-0.2, 0) is 6.42 Å². The van der Waals surface area contributed by atoms with Crippen LogP contribution in [0.3, 0.4) is 0 Å². The Bertz CT molecular complexity index is 741. The molecular weight excluding hydrogens is 292 g/mol. The van der Waals surface area contributed by atoms with Crippen LogP contribution in [-0.4, -0.2) is 18.8 Å². The second-order valence-corrected chi connectivity index (χ2v) is 7.57. The quantitative estimate of drug-likeness (QED) is 0.660. The first-order chi connectivity index (χ1) is 11.4. The summed E-state index contributed by atoms with van der Waals surface area (Å²) in [4.78, 5) is 7.04. The molecular formula is C22H28N2. The van der Waals surface area contributed by atoms with E-state index in [1.54, 1.807) is 0 Å². The van der Waals surface area contributed by atoms with Gasteiger partial charge in [0.25, 0.3) is 0 Å². The van der Waals surface area contributed by atoms with Crippen molar-refractivity contribution in [2.24, 2.45) is 4.99 Å². The van der Waals surface area contributed by atoms with E-state index in [0.717, 1.165) is 12.1 Å². The molecule has 1 atom stereocenters. The van der Waals surface area contributed by atoms with Crippen molar-refractivity contribution in [2.45, 2.75) is 52.0 Å². The molecule has 126 valence electrons. The van der Waals surface area contributed by atoms with Gasteiger partial charge in [-0.05, 0) is 73.6 Å². The zero-order valence-corrected chi connectivity index (χ0v) is 15.5. The third-order valence-electron chi connectivity index (χ3n) is 5.36. The molecule has 1 aliphatic heterocycles. The van der Waals surface area contributed by atoms with E-state index in [2.05, 4.69) is 87.1 Å². The number of benzene rings is 2. The summed E-state index contributed by atoms with van der Waals surface area (Å²) in [5.41, 5.74) is 6.53. The molecule has 24 heavy (non-hydrogen) atoms. The Labute approximate surface area is 146 Å². The van der Waals surface area contributed by atoms with Crippen molar-refractivity contribution >= 4 is 17.6 Å². The fraction of sp³-hybridized carbons (Fsp3) is 0.409. The highest BCUT2D eigenvalue weighted by Crippen LogP contribution is 2.42. The van der Waals surface area contributed by atoms with Crippen molar-refractivity contribution in [1.82, 2.24) is 0 Å². The van der Waals surface area contributed by atoms with Gasteiger partial charge in [-0.1, -0.05) is 32.0 Å². The second-order valence-electron chi connectivity index (χ2n) is 7.57. The summed E-state index contributed by atoms with van der Waals surface area (Å²) >= 11 is 0. The van der Waals surface area contributed by atoms with Gasteiger partial charge in [-0.25, -0.2) is 0 Å². The first-order valence-corrected chi connectivity index (χ1v) is 8.91. The summed E-state index contributed by atoms with van der Waals surface area (Å²) in [6.45, 7) is 9.15. The minimum Gasteiger partial charge on any atom is -0.369 e. The molecule has 0 radical (unpaired) electrons. The Morgan fingerprint density at radius 3 is 2.54 bits per heavy atom. The first kappa shape index (κ1) is 16.8. The van der Waals surface area contributed by atoms with E-state index in [-0.39, 0.29) is 5.54 Å². The lowest BCUT2D eigenvalue weighted by atomic mass is 9.80. The highest BCUT2D eigenvalue weighted by atomic mass is 15.2. The standard InChI is InChI=1S/C22H28N2/c1-6-17-7-10-19(11-8-17)23-15-18-9-12-21-20(13-18)16(2)14-22(3,4)24(21)5/h7-13,15-16H,6,14H2,1-5H3. The van der Waals surface area contributed by atoms with Gasteiger partial charge in [-0.3, -0.25) is 4.99 Å². The zero-order valence-electron chi connectivity index (χ0n) is 15.5. The number of nitrogens with zero attached hydrogens (tertiary/aromatic N) is 2. The van der Waals surface area contributed by atoms with Gasteiger partial charge < -0.3 is 4.90 Å². The van der Waals surface area contributed by atoms with Crippen LogP contribution in [0.1, 0.15) is 56.7 Å². The van der Waals surface area contributed by atoms with Crippen LogP contribution in [0, 0.1) is 0 Å². The van der Waals surface area contributed by atoms with E-state index < -0.39 is 0 Å². The number of aliphatic imine (C=N–C) groups is 1. The molecule has 0 aromatic heterocycles. The van der Waals surface area contributed by atoms with E-state index in [1.165, 1.54) is 28.8 Å². The lowest BCUT2D eigenvalue weighted by molar-refractivity contribution is 0.395. The Morgan fingerprint density at radius 2 is 1.88 bits per heavy atom. The third-order valence-corrected chi connectivity index (χ3v) is 5.36. The van der Waals surface area contributed by atoms with Crippen LogP contribution in [0.5, 0.6) is 0 Å². The second kappa shape index (κ2) is 6.43. The van der Waals surface area contributed by atoms with E-state index in [0.29, 0.717) is 5.92 Å². The number of hydrogen-bond donors (Lipinski definition) is 0. The molecule has 0 spiro atoms. The van der Waals surface area contributed by atoms with Crippen molar-refractivity contribution in [3.8, 4) is 0 Å². The molecule has 3 rings (SSSR count). The van der Waals surface area contributed by atoms with Gasteiger partial charge in [0, 0.05) is 24.5 Å². The largest absolute Gasteiger partial charge is 0.369 e.